The van der Waals surface area contributed by atoms with Crippen molar-refractivity contribution in [3.63, 3.8) is 0 Å². The average Bonchev–Trinajstić information content (AvgIpc) is 3.43. The second-order valence-electron chi connectivity index (χ2n) is 9.22. The first-order valence-electron chi connectivity index (χ1n) is 12.1. The van der Waals surface area contributed by atoms with Gasteiger partial charge in [0.15, 0.2) is 0 Å². The Morgan fingerprint density at radius 2 is 1.64 bits per heavy atom. The van der Waals surface area contributed by atoms with E-state index in [4.69, 9.17) is 5.73 Å². The van der Waals surface area contributed by atoms with E-state index in [9.17, 15) is 4.79 Å². The summed E-state index contributed by atoms with van der Waals surface area (Å²) in [5, 5.41) is 0. The van der Waals surface area contributed by atoms with Gasteiger partial charge in [0, 0.05) is 6.92 Å². The summed E-state index contributed by atoms with van der Waals surface area (Å²) in [6, 6.07) is 20.7. The van der Waals surface area contributed by atoms with Gasteiger partial charge >= 0.3 is 0 Å². The first kappa shape index (κ1) is 25.2. The van der Waals surface area contributed by atoms with Crippen molar-refractivity contribution in [2.45, 2.75) is 70.4 Å². The van der Waals surface area contributed by atoms with Crippen molar-refractivity contribution in [1.29, 1.82) is 0 Å². The van der Waals surface area contributed by atoms with Crippen LogP contribution in [0.2, 0.25) is 0 Å². The minimum Gasteiger partial charge on any atom is -1.00 e. The Morgan fingerprint density at radius 1 is 1.03 bits per heavy atom. The van der Waals surface area contributed by atoms with Crippen LogP contribution >= 0.6 is 0 Å². The average molecular weight is 511 g/mol. The molecular formula is C28H36BrN3O. The molecule has 0 saturated heterocycles. The van der Waals surface area contributed by atoms with Crippen LogP contribution in [0.25, 0.3) is 0 Å². The lowest BCUT2D eigenvalue weighted by atomic mass is 9.64. The van der Waals surface area contributed by atoms with Crippen LogP contribution in [0.3, 0.4) is 0 Å². The zero-order valence-corrected chi connectivity index (χ0v) is 21.4. The third-order valence-electron chi connectivity index (χ3n) is 7.46. The molecule has 3 aromatic rings. The molecule has 0 unspecified atom stereocenters. The number of hydrogen-bond acceptors (Lipinski definition) is 1. The number of carbonyl (C=O) groups excluding carboxylic acids is 1. The number of hydrogen-bond donors (Lipinski definition) is 1. The monoisotopic (exact) mass is 509 g/mol. The quantitative estimate of drug-likeness (QED) is 0.348. The molecule has 1 amide bonds. The number of rotatable bonds is 9. The molecule has 176 valence electrons. The van der Waals surface area contributed by atoms with Crippen LogP contribution < -0.4 is 27.3 Å². The summed E-state index contributed by atoms with van der Waals surface area (Å²) in [5.41, 5.74) is 7.45. The molecule has 0 aliphatic heterocycles. The predicted molar refractivity (Wildman–Crippen MR) is 128 cm³/mol. The number of primary amides is 1. The van der Waals surface area contributed by atoms with E-state index < -0.39 is 5.41 Å². The summed E-state index contributed by atoms with van der Waals surface area (Å²) < 4.78 is 4.80. The highest BCUT2D eigenvalue weighted by molar-refractivity contribution is 5.91. The first-order chi connectivity index (χ1) is 15.6. The maximum Gasteiger partial charge on any atom is 0.253 e. The van der Waals surface area contributed by atoms with Crippen molar-refractivity contribution < 1.29 is 26.3 Å². The van der Waals surface area contributed by atoms with Crippen molar-refractivity contribution in [3.8, 4) is 0 Å². The molecule has 1 aliphatic carbocycles. The molecule has 0 bridgehead atoms. The second kappa shape index (κ2) is 11.1. The summed E-state index contributed by atoms with van der Waals surface area (Å²) in [6.07, 6.45) is 11.1. The van der Waals surface area contributed by atoms with E-state index in [0.29, 0.717) is 6.04 Å². The Kier molecular flexibility index (Phi) is 8.52. The van der Waals surface area contributed by atoms with Crippen molar-refractivity contribution in [1.82, 2.24) is 4.57 Å². The lowest BCUT2D eigenvalue weighted by Crippen LogP contribution is -3.00. The third-order valence-corrected chi connectivity index (χ3v) is 7.46. The number of amides is 1. The second-order valence-corrected chi connectivity index (χ2v) is 9.22. The first-order valence-corrected chi connectivity index (χ1v) is 12.1. The van der Waals surface area contributed by atoms with Gasteiger partial charge < -0.3 is 22.7 Å². The number of nitrogens with two attached hydrogens (primary N) is 1. The smallest absolute Gasteiger partial charge is 0.253 e. The molecular weight excluding hydrogens is 474 g/mol. The molecule has 4 rings (SSSR count). The molecule has 1 heterocycles. The molecule has 0 spiro atoms. The topological polar surface area (TPSA) is 51.9 Å². The van der Waals surface area contributed by atoms with Crippen LogP contribution in [0, 0.1) is 12.8 Å². The van der Waals surface area contributed by atoms with Crippen LogP contribution in [0.15, 0.2) is 73.1 Å². The van der Waals surface area contributed by atoms with Gasteiger partial charge in [-0.1, -0.05) is 74.0 Å². The minimum absolute atomic E-state index is 0. The normalized spacial score (nSPS) is 18.1. The molecule has 1 aliphatic rings. The van der Waals surface area contributed by atoms with Crippen molar-refractivity contribution in [2.75, 3.05) is 0 Å². The van der Waals surface area contributed by atoms with E-state index in [1.807, 2.05) is 36.4 Å². The molecule has 1 aromatic heterocycles. The number of aromatic nitrogens is 2. The Morgan fingerprint density at radius 3 is 2.18 bits per heavy atom. The summed E-state index contributed by atoms with van der Waals surface area (Å²) >= 11 is 0. The standard InChI is InChI=1S/C28H35N3O.BrH/c1-3-4-11-18-30-19-20-31(22(30)2)26-17-16-25(21-26)28(27(29)32,23-12-7-5-8-13-23)24-14-9-6-10-15-24;/h5-10,12-15,19-20,25-26H,3-4,11,16-18,21H2,1-2H3,(H-,29,32);1H/t25-,26+;/m1./s1. The van der Waals surface area contributed by atoms with E-state index in [1.165, 1.54) is 25.1 Å². The number of unbranched alkanes of at least 4 members (excludes halogenated alkanes) is 2. The molecule has 2 N–H and O–H groups in total. The number of nitrogens with zero attached hydrogens (tertiary/aromatic N) is 2. The van der Waals surface area contributed by atoms with E-state index in [1.54, 1.807) is 0 Å². The fourth-order valence-corrected chi connectivity index (χ4v) is 5.80. The number of aryl methyl sites for hydroxylation is 1. The van der Waals surface area contributed by atoms with Crippen LogP contribution in [-0.2, 0) is 16.8 Å². The minimum atomic E-state index is -0.810. The van der Waals surface area contributed by atoms with Crippen LogP contribution in [0.4, 0.5) is 0 Å². The zero-order chi connectivity index (χ0) is 22.6. The molecule has 1 saturated carbocycles. The Balaban J connectivity index is 0.00000306. The van der Waals surface area contributed by atoms with Crippen molar-refractivity contribution in [2.24, 2.45) is 11.7 Å². The SMILES string of the molecule is CCCCC[n+]1ccn([C@H]2CC[C@@H](C(C(N)=O)(c3ccccc3)c3ccccc3)C2)c1C.[Br-]. The fourth-order valence-electron chi connectivity index (χ4n) is 5.80. The van der Waals surface area contributed by atoms with Crippen LogP contribution in [0.1, 0.15) is 68.4 Å². The van der Waals surface area contributed by atoms with Gasteiger partial charge in [0.25, 0.3) is 5.82 Å². The number of carbonyl (C=O) groups is 1. The fraction of sp³-hybridized carbons (Fsp3) is 0.429. The highest BCUT2D eigenvalue weighted by Gasteiger charge is 2.51. The van der Waals surface area contributed by atoms with Gasteiger partial charge in [0.1, 0.15) is 23.9 Å². The van der Waals surface area contributed by atoms with Crippen LogP contribution in [0.5, 0.6) is 0 Å². The Labute approximate surface area is 208 Å². The summed E-state index contributed by atoms with van der Waals surface area (Å²) in [4.78, 5) is 13.3. The zero-order valence-electron chi connectivity index (χ0n) is 19.8. The highest BCUT2D eigenvalue weighted by atomic mass is 79.9. The van der Waals surface area contributed by atoms with Gasteiger partial charge in [0.05, 0.1) is 6.54 Å². The Bertz CT molecular complexity index is 992. The van der Waals surface area contributed by atoms with E-state index in [0.717, 1.165) is 36.9 Å². The molecule has 1 fully saturated rings. The van der Waals surface area contributed by atoms with Gasteiger partial charge in [-0.05, 0) is 49.1 Å². The molecule has 2 atom stereocenters. The largest absolute Gasteiger partial charge is 1.00 e. The molecule has 5 heteroatoms. The number of imidazole rings is 1. The summed E-state index contributed by atoms with van der Waals surface area (Å²) in [6.45, 7) is 5.53. The lowest BCUT2D eigenvalue weighted by molar-refractivity contribution is -0.703. The van der Waals surface area contributed by atoms with Gasteiger partial charge in [-0.3, -0.25) is 4.79 Å². The number of halogens is 1. The number of benzene rings is 2. The molecule has 2 aromatic carbocycles. The maximum atomic E-state index is 13.3. The van der Waals surface area contributed by atoms with E-state index >= 15 is 0 Å². The van der Waals surface area contributed by atoms with E-state index in [2.05, 4.69) is 59.6 Å². The summed E-state index contributed by atoms with van der Waals surface area (Å²) in [7, 11) is 0. The third kappa shape index (κ3) is 4.79. The molecule has 4 nitrogen and oxygen atoms in total. The summed E-state index contributed by atoms with van der Waals surface area (Å²) in [5.74, 6) is 1.21. The molecule has 33 heavy (non-hydrogen) atoms. The predicted octanol–water partition coefficient (Wildman–Crippen LogP) is 2.09. The molecule has 0 radical (unpaired) electrons. The highest BCUT2D eigenvalue weighted by Crippen LogP contribution is 2.49. The van der Waals surface area contributed by atoms with Gasteiger partial charge in [-0.2, -0.15) is 0 Å². The van der Waals surface area contributed by atoms with Crippen molar-refractivity contribution in [3.05, 3.63) is 90.0 Å². The maximum absolute atomic E-state index is 13.3. The Hall–Kier alpha value is -2.40. The van der Waals surface area contributed by atoms with Gasteiger partial charge in [-0.25, -0.2) is 9.13 Å². The van der Waals surface area contributed by atoms with Crippen LogP contribution in [-0.4, -0.2) is 10.5 Å². The lowest BCUT2D eigenvalue weighted by Gasteiger charge is -2.37. The van der Waals surface area contributed by atoms with Crippen molar-refractivity contribution >= 4 is 5.91 Å². The van der Waals surface area contributed by atoms with Gasteiger partial charge in [0.2, 0.25) is 5.91 Å². The van der Waals surface area contributed by atoms with Gasteiger partial charge in [-0.15, -0.1) is 0 Å². The van der Waals surface area contributed by atoms with E-state index in [-0.39, 0.29) is 28.8 Å².